The van der Waals surface area contributed by atoms with Gasteiger partial charge in [0.1, 0.15) is 12.6 Å². The van der Waals surface area contributed by atoms with E-state index in [1.165, 1.54) is 0 Å². The van der Waals surface area contributed by atoms with E-state index < -0.39 is 0 Å². The number of nitrogens with zero attached hydrogens (tertiary/aromatic N) is 1. The van der Waals surface area contributed by atoms with Gasteiger partial charge in [0.25, 0.3) is 0 Å². The van der Waals surface area contributed by atoms with Crippen molar-refractivity contribution in [2.45, 2.75) is 6.04 Å². The molecule has 0 fully saturated rings. The molecule has 1 heterocycles. The molecule has 1 unspecified atom stereocenters. The Morgan fingerprint density at radius 2 is 2.46 bits per heavy atom. The fourth-order valence-electron chi connectivity index (χ4n) is 1.23. The van der Waals surface area contributed by atoms with Crippen molar-refractivity contribution in [3.8, 4) is 11.8 Å². The normalized spacial score (nSPS) is 19.2. The number of para-hydroxylation sites is 1. The van der Waals surface area contributed by atoms with Crippen molar-refractivity contribution in [3.63, 3.8) is 0 Å². The van der Waals surface area contributed by atoms with Crippen LogP contribution in [0.15, 0.2) is 18.2 Å². The third-order valence-corrected chi connectivity index (χ3v) is 2.14. The van der Waals surface area contributed by atoms with Gasteiger partial charge in [0.15, 0.2) is 5.75 Å². The van der Waals surface area contributed by atoms with E-state index in [-0.39, 0.29) is 6.04 Å². The highest BCUT2D eigenvalue weighted by atomic mass is 35.5. The molecule has 0 spiro atoms. The van der Waals surface area contributed by atoms with Gasteiger partial charge in [0, 0.05) is 0 Å². The molecule has 1 N–H and O–H groups in total. The van der Waals surface area contributed by atoms with Gasteiger partial charge in [-0.3, -0.25) is 0 Å². The Morgan fingerprint density at radius 1 is 1.62 bits per heavy atom. The molecule has 1 aromatic carbocycles. The van der Waals surface area contributed by atoms with Crippen LogP contribution in [0.1, 0.15) is 0 Å². The third kappa shape index (κ3) is 1.41. The Morgan fingerprint density at radius 3 is 3.23 bits per heavy atom. The van der Waals surface area contributed by atoms with E-state index in [0.29, 0.717) is 17.4 Å². The number of hydrogen-bond donors (Lipinski definition) is 1. The van der Waals surface area contributed by atoms with Gasteiger partial charge >= 0.3 is 0 Å². The van der Waals surface area contributed by atoms with Gasteiger partial charge in [-0.05, 0) is 12.1 Å². The van der Waals surface area contributed by atoms with Crippen molar-refractivity contribution >= 4 is 17.3 Å². The highest BCUT2D eigenvalue weighted by Crippen LogP contribution is 2.35. The van der Waals surface area contributed by atoms with Crippen molar-refractivity contribution in [2.24, 2.45) is 0 Å². The maximum Gasteiger partial charge on any atom is 0.161 e. The SMILES string of the molecule is N#CC1COc2c(Cl)cccc2N1. The molecular formula is C9H7ClN2O. The van der Waals surface area contributed by atoms with Gasteiger partial charge in [-0.2, -0.15) is 5.26 Å². The summed E-state index contributed by atoms with van der Waals surface area (Å²) in [6, 6.07) is 7.21. The van der Waals surface area contributed by atoms with Crippen LogP contribution >= 0.6 is 11.6 Å². The summed E-state index contributed by atoms with van der Waals surface area (Å²) in [6.45, 7) is 0.341. The second kappa shape index (κ2) is 3.15. The molecule has 2 rings (SSSR count). The van der Waals surface area contributed by atoms with E-state index >= 15 is 0 Å². The van der Waals surface area contributed by atoms with Crippen molar-refractivity contribution in [2.75, 3.05) is 11.9 Å². The van der Waals surface area contributed by atoms with Gasteiger partial charge in [-0.15, -0.1) is 0 Å². The molecule has 1 aromatic rings. The lowest BCUT2D eigenvalue weighted by Crippen LogP contribution is -2.29. The Kier molecular flexibility index (Phi) is 1.99. The quantitative estimate of drug-likeness (QED) is 0.688. The monoisotopic (exact) mass is 194 g/mol. The molecule has 0 aliphatic carbocycles. The third-order valence-electron chi connectivity index (χ3n) is 1.85. The summed E-state index contributed by atoms with van der Waals surface area (Å²) in [7, 11) is 0. The Balaban J connectivity index is 2.37. The molecule has 0 bridgehead atoms. The van der Waals surface area contributed by atoms with Gasteiger partial charge in [0.2, 0.25) is 0 Å². The first-order valence-electron chi connectivity index (χ1n) is 3.89. The number of ether oxygens (including phenoxy) is 1. The summed E-state index contributed by atoms with van der Waals surface area (Å²) in [5, 5.41) is 12.2. The molecule has 1 aliphatic rings. The van der Waals surface area contributed by atoms with Crippen LogP contribution in [-0.4, -0.2) is 12.6 Å². The van der Waals surface area contributed by atoms with Crippen LogP contribution in [-0.2, 0) is 0 Å². The molecule has 3 nitrogen and oxygen atoms in total. The molecule has 0 radical (unpaired) electrons. The Hall–Kier alpha value is -1.40. The van der Waals surface area contributed by atoms with E-state index in [2.05, 4.69) is 11.4 Å². The van der Waals surface area contributed by atoms with Crippen LogP contribution in [0.2, 0.25) is 5.02 Å². The lowest BCUT2D eigenvalue weighted by molar-refractivity contribution is 0.304. The van der Waals surface area contributed by atoms with Crippen molar-refractivity contribution in [1.82, 2.24) is 0 Å². The minimum absolute atomic E-state index is 0.286. The molecule has 66 valence electrons. The summed E-state index contributed by atoms with van der Waals surface area (Å²) in [5.74, 6) is 0.635. The Labute approximate surface area is 80.9 Å². The number of anilines is 1. The first-order valence-corrected chi connectivity index (χ1v) is 4.26. The molecule has 4 heteroatoms. The van der Waals surface area contributed by atoms with Crippen molar-refractivity contribution in [1.29, 1.82) is 5.26 Å². The zero-order valence-corrected chi connectivity index (χ0v) is 7.51. The number of rotatable bonds is 0. The van der Waals surface area contributed by atoms with Crippen LogP contribution in [0.3, 0.4) is 0 Å². The second-order valence-electron chi connectivity index (χ2n) is 2.75. The minimum Gasteiger partial charge on any atom is -0.487 e. The number of benzene rings is 1. The molecule has 1 atom stereocenters. The number of hydrogen-bond acceptors (Lipinski definition) is 3. The highest BCUT2D eigenvalue weighted by molar-refractivity contribution is 6.32. The lowest BCUT2D eigenvalue weighted by atomic mass is 10.2. The van der Waals surface area contributed by atoms with E-state index in [1.807, 2.05) is 12.1 Å². The average Bonchev–Trinajstić information content (AvgIpc) is 2.18. The fraction of sp³-hybridized carbons (Fsp3) is 0.222. The maximum absolute atomic E-state index is 8.66. The summed E-state index contributed by atoms with van der Waals surface area (Å²) in [6.07, 6.45) is 0. The van der Waals surface area contributed by atoms with Crippen molar-refractivity contribution in [3.05, 3.63) is 23.2 Å². The highest BCUT2D eigenvalue weighted by Gasteiger charge is 2.19. The number of fused-ring (bicyclic) bond motifs is 1. The van der Waals surface area contributed by atoms with Crippen LogP contribution in [0, 0.1) is 11.3 Å². The average molecular weight is 195 g/mol. The van der Waals surface area contributed by atoms with Crippen LogP contribution < -0.4 is 10.1 Å². The van der Waals surface area contributed by atoms with Crippen molar-refractivity contribution < 1.29 is 4.74 Å². The van der Waals surface area contributed by atoms with Crippen LogP contribution in [0.4, 0.5) is 5.69 Å². The predicted molar refractivity (Wildman–Crippen MR) is 50.0 cm³/mol. The topological polar surface area (TPSA) is 45.0 Å². The minimum atomic E-state index is -0.286. The Bertz CT molecular complexity index is 372. The van der Waals surface area contributed by atoms with E-state index in [0.717, 1.165) is 5.69 Å². The molecule has 0 amide bonds. The number of nitrogens with one attached hydrogen (secondary N) is 1. The largest absolute Gasteiger partial charge is 0.487 e. The first-order chi connectivity index (χ1) is 6.31. The van der Waals surface area contributed by atoms with Gasteiger partial charge in [-0.1, -0.05) is 17.7 Å². The van der Waals surface area contributed by atoms with Crippen LogP contribution in [0.5, 0.6) is 5.75 Å². The van der Waals surface area contributed by atoms with Gasteiger partial charge in [-0.25, -0.2) is 0 Å². The lowest BCUT2D eigenvalue weighted by Gasteiger charge is -2.23. The van der Waals surface area contributed by atoms with E-state index in [9.17, 15) is 0 Å². The smallest absolute Gasteiger partial charge is 0.161 e. The van der Waals surface area contributed by atoms with E-state index in [1.54, 1.807) is 6.07 Å². The second-order valence-corrected chi connectivity index (χ2v) is 3.16. The van der Waals surface area contributed by atoms with E-state index in [4.69, 9.17) is 21.6 Å². The fourth-order valence-corrected chi connectivity index (χ4v) is 1.46. The standard InChI is InChI=1S/C9H7ClN2O/c10-7-2-1-3-8-9(7)13-5-6(4-11)12-8/h1-3,6,12H,5H2. The molecule has 0 saturated carbocycles. The predicted octanol–water partition coefficient (Wildman–Crippen LogP) is 2.04. The molecule has 0 saturated heterocycles. The summed E-state index contributed by atoms with van der Waals surface area (Å²) < 4.78 is 5.34. The summed E-state index contributed by atoms with van der Waals surface area (Å²) >= 11 is 5.89. The summed E-state index contributed by atoms with van der Waals surface area (Å²) in [5.41, 5.74) is 0.783. The number of nitriles is 1. The number of halogens is 1. The maximum atomic E-state index is 8.66. The first kappa shape index (κ1) is 8.21. The zero-order valence-electron chi connectivity index (χ0n) is 6.75. The molecule has 13 heavy (non-hydrogen) atoms. The zero-order chi connectivity index (χ0) is 9.26. The summed E-state index contributed by atoms with van der Waals surface area (Å²) in [4.78, 5) is 0. The van der Waals surface area contributed by atoms with Crippen LogP contribution in [0.25, 0.3) is 0 Å². The molecular weight excluding hydrogens is 188 g/mol. The molecule has 0 aromatic heterocycles. The molecule has 1 aliphatic heterocycles. The van der Waals surface area contributed by atoms with Gasteiger partial charge in [0.05, 0.1) is 16.8 Å². The van der Waals surface area contributed by atoms with Gasteiger partial charge < -0.3 is 10.1 Å².